The maximum absolute atomic E-state index is 13.2. The summed E-state index contributed by atoms with van der Waals surface area (Å²) in [4.78, 5) is 38.4. The lowest BCUT2D eigenvalue weighted by molar-refractivity contribution is -0.135. The molecule has 1 atom stereocenters. The Morgan fingerprint density at radius 3 is 2.41 bits per heavy atom. The summed E-state index contributed by atoms with van der Waals surface area (Å²) in [6, 6.07) is 15.2. The highest BCUT2D eigenvalue weighted by atomic mass is 35.5. The summed E-state index contributed by atoms with van der Waals surface area (Å²) in [6.45, 7) is 9.33. The largest absolute Gasteiger partial charge is 0.492 e. The quantitative estimate of drug-likeness (QED) is 0.342. The van der Waals surface area contributed by atoms with Crippen LogP contribution in [0.2, 0.25) is 5.02 Å². The highest BCUT2D eigenvalue weighted by Crippen LogP contribution is 2.30. The van der Waals surface area contributed by atoms with Gasteiger partial charge in [-0.15, -0.1) is 0 Å². The third kappa shape index (κ3) is 12.3. The van der Waals surface area contributed by atoms with E-state index in [9.17, 15) is 14.4 Å². The van der Waals surface area contributed by atoms with Gasteiger partial charge in [0.05, 0.1) is 12.6 Å². The number of ether oxygens (including phenoxy) is 1. The average molecular weight is 627 g/mol. The Morgan fingerprint density at radius 1 is 0.977 bits per heavy atom. The predicted octanol–water partition coefficient (Wildman–Crippen LogP) is 5.83. The van der Waals surface area contributed by atoms with Gasteiger partial charge in [-0.2, -0.15) is 0 Å². The summed E-state index contributed by atoms with van der Waals surface area (Å²) in [5.74, 6) is 0.0106. The Bertz CT molecular complexity index is 1200. The second kappa shape index (κ2) is 20.6. The van der Waals surface area contributed by atoms with Gasteiger partial charge in [-0.3, -0.25) is 14.4 Å². The van der Waals surface area contributed by atoms with E-state index in [1.165, 1.54) is 5.56 Å². The third-order valence-electron chi connectivity index (χ3n) is 7.51. The second-order valence-electron chi connectivity index (χ2n) is 10.7. The van der Waals surface area contributed by atoms with Crippen molar-refractivity contribution in [3.05, 3.63) is 70.8 Å². The number of rotatable bonds is 4. The van der Waals surface area contributed by atoms with Gasteiger partial charge in [-0.05, 0) is 49.4 Å². The van der Waals surface area contributed by atoms with Crippen LogP contribution in [0, 0.1) is 0 Å². The maximum atomic E-state index is 13.2. The highest BCUT2D eigenvalue weighted by Gasteiger charge is 2.43. The zero-order chi connectivity index (χ0) is 32.2. The smallest absolute Gasteiger partial charge is 0.246 e. The van der Waals surface area contributed by atoms with Crippen LogP contribution in [-0.2, 0) is 20.8 Å². The van der Waals surface area contributed by atoms with Crippen molar-refractivity contribution in [1.82, 2.24) is 21.3 Å². The molecule has 1 spiro atoms. The average Bonchev–Trinajstić information content (AvgIpc) is 3.52. The molecule has 0 bridgehead atoms. The number of hydrogen-bond donors (Lipinski definition) is 4. The minimum Gasteiger partial charge on any atom is -0.492 e. The number of halogens is 1. The molecule has 1 saturated carbocycles. The topological polar surface area (TPSA) is 109 Å². The lowest BCUT2D eigenvalue weighted by atomic mass is 9.95. The van der Waals surface area contributed by atoms with Crippen molar-refractivity contribution in [1.29, 1.82) is 0 Å². The van der Waals surface area contributed by atoms with Gasteiger partial charge in [0.25, 0.3) is 0 Å². The lowest BCUT2D eigenvalue weighted by Gasteiger charge is -2.31. The summed E-state index contributed by atoms with van der Waals surface area (Å²) >= 11 is 5.72. The van der Waals surface area contributed by atoms with E-state index in [-0.39, 0.29) is 24.3 Å². The molecule has 2 aromatic carbocycles. The lowest BCUT2D eigenvalue weighted by Crippen LogP contribution is -2.61. The van der Waals surface area contributed by atoms with Crippen molar-refractivity contribution in [2.75, 3.05) is 26.2 Å². The van der Waals surface area contributed by atoms with Gasteiger partial charge >= 0.3 is 0 Å². The van der Waals surface area contributed by atoms with E-state index in [0.717, 1.165) is 48.4 Å². The molecule has 2 aliphatic rings. The molecule has 1 heterocycles. The first-order valence-corrected chi connectivity index (χ1v) is 16.5. The predicted molar refractivity (Wildman–Crippen MR) is 180 cm³/mol. The Balaban J connectivity index is 0.000000519. The Hall–Kier alpha value is -3.36. The fourth-order valence-corrected chi connectivity index (χ4v) is 5.31. The summed E-state index contributed by atoms with van der Waals surface area (Å²) in [6.07, 6.45) is 10.3. The van der Waals surface area contributed by atoms with Gasteiger partial charge in [-0.25, -0.2) is 0 Å². The molecule has 242 valence electrons. The first-order chi connectivity index (χ1) is 21.4. The minimum absolute atomic E-state index is 0.124. The van der Waals surface area contributed by atoms with Crippen LogP contribution in [0.5, 0.6) is 5.75 Å². The van der Waals surface area contributed by atoms with Crippen LogP contribution in [0.3, 0.4) is 0 Å². The molecule has 1 unspecified atom stereocenters. The van der Waals surface area contributed by atoms with Crippen LogP contribution in [-0.4, -0.2) is 55.5 Å². The monoisotopic (exact) mass is 626 g/mol. The number of amides is 3. The van der Waals surface area contributed by atoms with E-state index < -0.39 is 11.6 Å². The number of fused-ring (bicyclic) bond motifs is 1. The molecule has 9 heteroatoms. The molecule has 8 nitrogen and oxygen atoms in total. The number of unbranched alkanes of at least 4 members (excludes halogenated alkanes) is 1. The molecular formula is C35H51ClN4O4. The van der Waals surface area contributed by atoms with E-state index in [2.05, 4.69) is 41.2 Å². The summed E-state index contributed by atoms with van der Waals surface area (Å²) in [5.41, 5.74) is 1.25. The van der Waals surface area contributed by atoms with Crippen LogP contribution in [0.1, 0.15) is 83.8 Å². The van der Waals surface area contributed by atoms with E-state index in [4.69, 9.17) is 16.3 Å². The Kier molecular flexibility index (Phi) is 17.2. The second-order valence-corrected chi connectivity index (χ2v) is 11.1. The standard InChI is InChI=1S/C25H36N4O4.C8H9Cl.C2H6/c1-2-3-11-20-23(31)29-25(13-6-7-14-25)24(32)28-18-22(30)27-15-8-10-19-9-4-5-12-21(19)33-17-16-26-20;1-2-7-4-3-5-8(9)6-7;1-2/h4-5,8-10,12,20,26H,2-3,6-7,11,13-18H2,1H3,(H,27,30)(H,28,32)(H,29,31);3-6H,2H2,1H3;1-2H3/b10-8+;;. The van der Waals surface area contributed by atoms with Gasteiger partial charge in [0.15, 0.2) is 0 Å². The van der Waals surface area contributed by atoms with Crippen LogP contribution in [0.4, 0.5) is 0 Å². The van der Waals surface area contributed by atoms with Crippen molar-refractivity contribution in [2.45, 2.75) is 90.6 Å². The molecular weight excluding hydrogens is 576 g/mol. The van der Waals surface area contributed by atoms with E-state index >= 15 is 0 Å². The summed E-state index contributed by atoms with van der Waals surface area (Å²) in [5, 5.41) is 12.7. The van der Waals surface area contributed by atoms with E-state index in [1.807, 2.05) is 68.5 Å². The Labute approximate surface area is 268 Å². The molecule has 0 aromatic heterocycles. The zero-order valence-electron chi connectivity index (χ0n) is 26.8. The highest BCUT2D eigenvalue weighted by molar-refractivity contribution is 6.30. The molecule has 0 saturated heterocycles. The number of aryl methyl sites for hydroxylation is 1. The molecule has 0 radical (unpaired) electrons. The first kappa shape index (κ1) is 36.8. The fourth-order valence-electron chi connectivity index (χ4n) is 5.10. The van der Waals surface area contributed by atoms with Crippen molar-refractivity contribution in [3.8, 4) is 5.75 Å². The third-order valence-corrected chi connectivity index (χ3v) is 7.74. The van der Waals surface area contributed by atoms with Gasteiger partial charge < -0.3 is 26.0 Å². The minimum atomic E-state index is -0.954. The van der Waals surface area contributed by atoms with Gasteiger partial charge in [0.2, 0.25) is 17.7 Å². The molecule has 1 aliphatic carbocycles. The van der Waals surface area contributed by atoms with Gasteiger partial charge in [-0.1, -0.05) is 107 Å². The fraction of sp³-hybridized carbons (Fsp3) is 0.514. The van der Waals surface area contributed by atoms with Gasteiger partial charge in [0.1, 0.15) is 17.9 Å². The molecule has 44 heavy (non-hydrogen) atoms. The maximum Gasteiger partial charge on any atom is 0.246 e. The molecule has 3 amide bonds. The molecule has 4 N–H and O–H groups in total. The van der Waals surface area contributed by atoms with Crippen molar-refractivity contribution in [2.24, 2.45) is 0 Å². The number of carbonyl (C=O) groups excluding carboxylic acids is 3. The van der Waals surface area contributed by atoms with Crippen molar-refractivity contribution in [3.63, 3.8) is 0 Å². The molecule has 1 fully saturated rings. The van der Waals surface area contributed by atoms with Crippen molar-refractivity contribution >= 4 is 35.4 Å². The number of carbonyl (C=O) groups is 3. The number of nitrogens with one attached hydrogen (secondary N) is 4. The number of para-hydroxylation sites is 1. The van der Waals surface area contributed by atoms with Crippen molar-refractivity contribution < 1.29 is 19.1 Å². The van der Waals surface area contributed by atoms with Crippen LogP contribution >= 0.6 is 11.6 Å². The van der Waals surface area contributed by atoms with E-state index in [1.54, 1.807) is 0 Å². The Morgan fingerprint density at radius 2 is 1.73 bits per heavy atom. The van der Waals surface area contributed by atoms with Crippen LogP contribution < -0.4 is 26.0 Å². The molecule has 2 aromatic rings. The molecule has 1 aliphatic heterocycles. The normalized spacial score (nSPS) is 19.6. The molecule has 4 rings (SSSR count). The zero-order valence-corrected chi connectivity index (χ0v) is 27.6. The van der Waals surface area contributed by atoms with E-state index in [0.29, 0.717) is 39.0 Å². The van der Waals surface area contributed by atoms with Gasteiger partial charge in [0, 0.05) is 23.7 Å². The summed E-state index contributed by atoms with van der Waals surface area (Å²) in [7, 11) is 0. The van der Waals surface area contributed by atoms with Crippen LogP contribution in [0.15, 0.2) is 54.6 Å². The number of hydrogen-bond acceptors (Lipinski definition) is 5. The first-order valence-electron chi connectivity index (χ1n) is 16.1. The van der Waals surface area contributed by atoms with Crippen LogP contribution in [0.25, 0.3) is 6.08 Å². The SMILES string of the molecule is CC.CCCCC1NCCOc2ccccc2/C=C/CNC(=O)CNC(=O)C2(CCCC2)NC1=O.CCc1cccc(Cl)c1. The summed E-state index contributed by atoms with van der Waals surface area (Å²) < 4.78 is 5.96. The number of benzene rings is 2.